The molecule has 1 aromatic heterocycles. The van der Waals surface area contributed by atoms with E-state index >= 15 is 0 Å². The van der Waals surface area contributed by atoms with E-state index in [1.165, 1.54) is 4.88 Å². The van der Waals surface area contributed by atoms with Gasteiger partial charge < -0.3 is 15.4 Å². The van der Waals surface area contributed by atoms with Gasteiger partial charge in [-0.3, -0.25) is 0 Å². The molecular weight excluding hydrogens is 288 g/mol. The lowest BCUT2D eigenvalue weighted by Gasteiger charge is -2.48. The first-order chi connectivity index (χ1) is 7.59. The molecule has 90 valence electrons. The number of ether oxygens (including phenoxy) is 1. The second kappa shape index (κ2) is 4.74. The monoisotopic (exact) mass is 304 g/mol. The van der Waals surface area contributed by atoms with Crippen LogP contribution in [0.25, 0.3) is 0 Å². The van der Waals surface area contributed by atoms with Crippen molar-refractivity contribution >= 4 is 27.3 Å². The lowest BCUT2D eigenvalue weighted by Crippen LogP contribution is -2.55. The van der Waals surface area contributed by atoms with Crippen LogP contribution in [0, 0.1) is 5.41 Å². The number of hydrogen-bond donors (Lipinski definition) is 1. The SMILES string of the molecule is CN(C)C(c1cc(Br)cs1)C1(CN)COC1. The third-order valence-electron chi connectivity index (χ3n) is 3.14. The van der Waals surface area contributed by atoms with E-state index in [2.05, 4.69) is 46.4 Å². The van der Waals surface area contributed by atoms with Crippen molar-refractivity contribution in [2.45, 2.75) is 6.04 Å². The minimum atomic E-state index is 0.0911. The van der Waals surface area contributed by atoms with E-state index in [4.69, 9.17) is 10.5 Å². The molecule has 2 N–H and O–H groups in total. The normalized spacial score (nSPS) is 20.8. The van der Waals surface area contributed by atoms with Crippen molar-refractivity contribution in [1.29, 1.82) is 0 Å². The number of nitrogens with zero attached hydrogens (tertiary/aromatic N) is 1. The average molecular weight is 305 g/mol. The van der Waals surface area contributed by atoms with Gasteiger partial charge in [-0.1, -0.05) is 0 Å². The van der Waals surface area contributed by atoms with Gasteiger partial charge in [-0.15, -0.1) is 11.3 Å². The zero-order valence-electron chi connectivity index (χ0n) is 9.57. The topological polar surface area (TPSA) is 38.5 Å². The van der Waals surface area contributed by atoms with Gasteiger partial charge in [0.2, 0.25) is 0 Å². The quantitative estimate of drug-likeness (QED) is 0.926. The van der Waals surface area contributed by atoms with Crippen molar-refractivity contribution in [3.05, 3.63) is 20.8 Å². The predicted molar refractivity (Wildman–Crippen MR) is 70.8 cm³/mol. The minimum Gasteiger partial charge on any atom is -0.380 e. The standard InChI is InChI=1S/C11H17BrN2OS/c1-14(2)10(9-3-8(12)4-16-9)11(5-13)6-15-7-11/h3-4,10H,5-7,13H2,1-2H3. The molecule has 0 amide bonds. The predicted octanol–water partition coefficient (Wildman–Crippen LogP) is 2.09. The first-order valence-electron chi connectivity index (χ1n) is 5.27. The molecule has 0 radical (unpaired) electrons. The molecule has 1 fully saturated rings. The van der Waals surface area contributed by atoms with Gasteiger partial charge in [0.25, 0.3) is 0 Å². The van der Waals surface area contributed by atoms with Crippen LogP contribution in [0.1, 0.15) is 10.9 Å². The lowest BCUT2D eigenvalue weighted by atomic mass is 9.77. The molecule has 16 heavy (non-hydrogen) atoms. The van der Waals surface area contributed by atoms with Crippen molar-refractivity contribution in [3.63, 3.8) is 0 Å². The van der Waals surface area contributed by atoms with E-state index < -0.39 is 0 Å². The summed E-state index contributed by atoms with van der Waals surface area (Å²) in [6.45, 7) is 2.20. The van der Waals surface area contributed by atoms with Crippen LogP contribution in [-0.4, -0.2) is 38.8 Å². The summed E-state index contributed by atoms with van der Waals surface area (Å²) in [5.74, 6) is 0. The molecule has 0 aromatic carbocycles. The molecule has 1 aliphatic rings. The third kappa shape index (κ3) is 2.07. The van der Waals surface area contributed by atoms with Crippen molar-refractivity contribution in [1.82, 2.24) is 4.90 Å². The summed E-state index contributed by atoms with van der Waals surface area (Å²) in [6.07, 6.45) is 0. The molecular formula is C11H17BrN2OS. The van der Waals surface area contributed by atoms with Crippen molar-refractivity contribution < 1.29 is 4.74 Å². The van der Waals surface area contributed by atoms with Gasteiger partial charge in [0.05, 0.1) is 19.3 Å². The zero-order valence-corrected chi connectivity index (χ0v) is 12.0. The van der Waals surface area contributed by atoms with E-state index in [1.807, 2.05) is 0 Å². The summed E-state index contributed by atoms with van der Waals surface area (Å²) in [6, 6.07) is 2.54. The Morgan fingerprint density at radius 2 is 2.31 bits per heavy atom. The van der Waals surface area contributed by atoms with E-state index in [1.54, 1.807) is 11.3 Å². The summed E-state index contributed by atoms with van der Waals surface area (Å²) in [7, 11) is 4.21. The van der Waals surface area contributed by atoms with Crippen molar-refractivity contribution in [3.8, 4) is 0 Å². The molecule has 1 saturated heterocycles. The highest BCUT2D eigenvalue weighted by Gasteiger charge is 2.46. The minimum absolute atomic E-state index is 0.0911. The van der Waals surface area contributed by atoms with Crippen LogP contribution in [0.15, 0.2) is 15.9 Å². The average Bonchev–Trinajstić information content (AvgIpc) is 2.57. The summed E-state index contributed by atoms with van der Waals surface area (Å²) in [4.78, 5) is 3.60. The van der Waals surface area contributed by atoms with Gasteiger partial charge in [0.15, 0.2) is 0 Å². The second-order valence-corrected chi connectivity index (χ2v) is 6.45. The molecule has 5 heteroatoms. The van der Waals surface area contributed by atoms with E-state index in [0.29, 0.717) is 12.6 Å². The molecule has 1 aromatic rings. The van der Waals surface area contributed by atoms with Crippen molar-refractivity contribution in [2.75, 3.05) is 33.9 Å². The molecule has 0 spiro atoms. The summed E-state index contributed by atoms with van der Waals surface area (Å²) in [5.41, 5.74) is 6.03. The largest absolute Gasteiger partial charge is 0.380 e. The number of thiophene rings is 1. The fourth-order valence-electron chi connectivity index (χ4n) is 2.33. The van der Waals surface area contributed by atoms with Crippen LogP contribution in [-0.2, 0) is 4.74 Å². The summed E-state index contributed by atoms with van der Waals surface area (Å²) >= 11 is 5.29. The van der Waals surface area contributed by atoms with E-state index in [9.17, 15) is 0 Å². The highest BCUT2D eigenvalue weighted by molar-refractivity contribution is 9.10. The lowest BCUT2D eigenvalue weighted by molar-refractivity contribution is -0.144. The van der Waals surface area contributed by atoms with E-state index in [0.717, 1.165) is 17.7 Å². The Balaban J connectivity index is 2.30. The number of nitrogens with two attached hydrogens (primary N) is 1. The highest BCUT2D eigenvalue weighted by atomic mass is 79.9. The molecule has 2 heterocycles. The maximum Gasteiger partial charge on any atom is 0.0575 e. The highest BCUT2D eigenvalue weighted by Crippen LogP contribution is 2.45. The Labute approximate surface area is 109 Å². The summed E-state index contributed by atoms with van der Waals surface area (Å²) in [5, 5.41) is 2.12. The van der Waals surface area contributed by atoms with Crippen LogP contribution in [0.4, 0.5) is 0 Å². The van der Waals surface area contributed by atoms with Gasteiger partial charge in [-0.05, 0) is 36.1 Å². The Hall–Kier alpha value is 0.0600. The van der Waals surface area contributed by atoms with Crippen LogP contribution in [0.3, 0.4) is 0 Å². The van der Waals surface area contributed by atoms with Gasteiger partial charge in [0.1, 0.15) is 0 Å². The van der Waals surface area contributed by atoms with Gasteiger partial charge in [-0.2, -0.15) is 0 Å². The Kier molecular flexibility index (Phi) is 3.71. The maximum atomic E-state index is 5.94. The fraction of sp³-hybridized carbons (Fsp3) is 0.636. The number of rotatable bonds is 4. The molecule has 1 atom stereocenters. The second-order valence-electron chi connectivity index (χ2n) is 4.59. The Morgan fingerprint density at radius 3 is 2.62 bits per heavy atom. The molecule has 1 aliphatic heterocycles. The maximum absolute atomic E-state index is 5.94. The first kappa shape index (κ1) is 12.5. The fourth-order valence-corrected chi connectivity index (χ4v) is 4.11. The Bertz CT molecular complexity index is 357. The smallest absolute Gasteiger partial charge is 0.0575 e. The molecule has 0 aliphatic carbocycles. The van der Waals surface area contributed by atoms with Crippen LogP contribution >= 0.6 is 27.3 Å². The van der Waals surface area contributed by atoms with Gasteiger partial charge in [-0.25, -0.2) is 0 Å². The number of hydrogen-bond acceptors (Lipinski definition) is 4. The van der Waals surface area contributed by atoms with Crippen LogP contribution < -0.4 is 5.73 Å². The molecule has 1 unspecified atom stereocenters. The number of halogens is 1. The van der Waals surface area contributed by atoms with Gasteiger partial charge in [0, 0.05) is 26.7 Å². The molecule has 0 bridgehead atoms. The summed E-state index contributed by atoms with van der Waals surface area (Å²) < 4.78 is 6.52. The molecule has 3 nitrogen and oxygen atoms in total. The first-order valence-corrected chi connectivity index (χ1v) is 6.94. The van der Waals surface area contributed by atoms with E-state index in [-0.39, 0.29) is 5.41 Å². The molecule has 2 rings (SSSR count). The van der Waals surface area contributed by atoms with Crippen molar-refractivity contribution in [2.24, 2.45) is 11.1 Å². The zero-order chi connectivity index (χ0) is 11.8. The third-order valence-corrected chi connectivity index (χ3v) is 4.89. The Morgan fingerprint density at radius 1 is 1.62 bits per heavy atom. The van der Waals surface area contributed by atoms with Gasteiger partial charge >= 0.3 is 0 Å². The molecule has 0 saturated carbocycles. The van der Waals surface area contributed by atoms with Crippen LogP contribution in [0.5, 0.6) is 0 Å². The van der Waals surface area contributed by atoms with Crippen LogP contribution in [0.2, 0.25) is 0 Å².